The number of carbonyl (C=O) groups excluding carboxylic acids is 3. The van der Waals surface area contributed by atoms with Crippen LogP contribution in [0.25, 0.3) is 5.76 Å². The monoisotopic (exact) mass is 568 g/mol. The third kappa shape index (κ3) is 4.07. The van der Waals surface area contributed by atoms with Crippen LogP contribution in [0.3, 0.4) is 0 Å². The van der Waals surface area contributed by atoms with Crippen LogP contribution in [0.1, 0.15) is 22.6 Å². The van der Waals surface area contributed by atoms with Crippen LogP contribution in [0.2, 0.25) is 0 Å². The number of aliphatic hydroxyl groups excluding tert-OH is 3. The number of likely N-dealkylation sites (N-methyl/N-ethyl adjacent to an activating group) is 1. The first-order valence-corrected chi connectivity index (χ1v) is 14.1. The molecule has 0 saturated heterocycles. The van der Waals surface area contributed by atoms with Gasteiger partial charge in [0, 0.05) is 40.9 Å². The first kappa shape index (κ1) is 28.3. The van der Waals surface area contributed by atoms with Gasteiger partial charge in [0.05, 0.1) is 17.8 Å². The highest BCUT2D eigenvalue weighted by molar-refractivity contribution is 7.98. The second kappa shape index (κ2) is 10.3. The van der Waals surface area contributed by atoms with Crippen molar-refractivity contribution >= 4 is 35.0 Å². The summed E-state index contributed by atoms with van der Waals surface area (Å²) in [6.07, 6.45) is -3.30. The number of fused-ring (bicyclic) bond motifs is 3. The maximum absolute atomic E-state index is 14.1. The average molecular weight is 569 g/mol. The SMILES string of the molecule is CN(C)[C@@H]1C(O)C(C(N)=O)C(=O)[C@@]2(O)C(=O)C3=C(O)c4c(O)cccc4[C@H](CSCc4ccccc4)[C@H]3[C@H](O)[C@@H]12. The molecule has 40 heavy (non-hydrogen) atoms. The van der Waals surface area contributed by atoms with Crippen molar-refractivity contribution in [3.63, 3.8) is 0 Å². The topological polar surface area (TPSA) is 182 Å². The molecule has 0 bridgehead atoms. The molecule has 0 radical (unpaired) electrons. The van der Waals surface area contributed by atoms with Crippen LogP contribution >= 0.6 is 11.8 Å². The lowest BCUT2D eigenvalue weighted by atomic mass is 9.51. The zero-order valence-corrected chi connectivity index (χ0v) is 22.8. The van der Waals surface area contributed by atoms with Gasteiger partial charge in [-0.2, -0.15) is 11.8 Å². The Balaban J connectivity index is 1.66. The van der Waals surface area contributed by atoms with Crippen molar-refractivity contribution in [2.75, 3.05) is 19.8 Å². The van der Waals surface area contributed by atoms with Crippen LogP contribution in [0.15, 0.2) is 54.1 Å². The highest BCUT2D eigenvalue weighted by Crippen LogP contribution is 2.56. The summed E-state index contributed by atoms with van der Waals surface area (Å²) in [4.78, 5) is 41.4. The molecule has 3 aliphatic rings. The molecular weight excluding hydrogens is 536 g/mol. The van der Waals surface area contributed by atoms with E-state index in [2.05, 4.69) is 0 Å². The van der Waals surface area contributed by atoms with Gasteiger partial charge in [0.1, 0.15) is 17.4 Å². The zero-order valence-electron chi connectivity index (χ0n) is 22.0. The van der Waals surface area contributed by atoms with E-state index in [-0.39, 0.29) is 11.3 Å². The van der Waals surface area contributed by atoms with Crippen LogP contribution < -0.4 is 5.73 Å². The number of ketones is 2. The molecule has 212 valence electrons. The summed E-state index contributed by atoms with van der Waals surface area (Å²) >= 11 is 1.52. The molecule has 0 spiro atoms. The predicted molar refractivity (Wildman–Crippen MR) is 147 cm³/mol. The Morgan fingerprint density at radius 2 is 1.70 bits per heavy atom. The Bertz CT molecular complexity index is 1400. The molecule has 2 fully saturated rings. The van der Waals surface area contributed by atoms with E-state index >= 15 is 0 Å². The number of aromatic hydroxyl groups is 1. The molecule has 11 heteroatoms. The molecule has 7 N–H and O–H groups in total. The number of thioether (sulfide) groups is 1. The Morgan fingerprint density at radius 3 is 2.33 bits per heavy atom. The minimum atomic E-state index is -2.95. The quantitative estimate of drug-likeness (QED) is 0.270. The maximum atomic E-state index is 14.1. The van der Waals surface area contributed by atoms with Crippen molar-refractivity contribution in [2.45, 2.75) is 35.5 Å². The van der Waals surface area contributed by atoms with Gasteiger partial charge >= 0.3 is 0 Å². The van der Waals surface area contributed by atoms with E-state index in [4.69, 9.17) is 5.73 Å². The number of hydrogen-bond donors (Lipinski definition) is 6. The van der Waals surface area contributed by atoms with Crippen LogP contribution in [-0.4, -0.2) is 91.6 Å². The lowest BCUT2D eigenvalue weighted by molar-refractivity contribution is -0.198. The Morgan fingerprint density at radius 1 is 1.02 bits per heavy atom. The third-order valence-corrected chi connectivity index (χ3v) is 9.70. The molecule has 8 atom stereocenters. The van der Waals surface area contributed by atoms with Gasteiger partial charge in [-0.25, -0.2) is 0 Å². The van der Waals surface area contributed by atoms with Gasteiger partial charge in [0.25, 0.3) is 0 Å². The number of phenolic OH excluding ortho intramolecular Hbond substituents is 1. The van der Waals surface area contributed by atoms with Crippen molar-refractivity contribution < 1.29 is 39.9 Å². The minimum absolute atomic E-state index is 0.0134. The summed E-state index contributed by atoms with van der Waals surface area (Å²) in [6.45, 7) is 0. The molecule has 1 amide bonds. The number of carbonyl (C=O) groups is 3. The van der Waals surface area contributed by atoms with Crippen molar-refractivity contribution in [1.29, 1.82) is 0 Å². The lowest BCUT2D eigenvalue weighted by Crippen LogP contribution is -2.76. The Kier molecular flexibility index (Phi) is 7.30. The average Bonchev–Trinajstić information content (AvgIpc) is 2.90. The summed E-state index contributed by atoms with van der Waals surface area (Å²) in [7, 11) is 3.06. The van der Waals surface area contributed by atoms with Gasteiger partial charge in [0.2, 0.25) is 11.7 Å². The fourth-order valence-corrected chi connectivity index (χ4v) is 8.02. The second-order valence-corrected chi connectivity index (χ2v) is 12.0. The number of amides is 1. The summed E-state index contributed by atoms with van der Waals surface area (Å²) < 4.78 is 0. The van der Waals surface area contributed by atoms with Crippen molar-refractivity contribution in [3.8, 4) is 5.75 Å². The highest BCUT2D eigenvalue weighted by atomic mass is 32.2. The van der Waals surface area contributed by atoms with E-state index in [0.29, 0.717) is 17.1 Å². The predicted octanol–water partition coefficient (Wildman–Crippen LogP) is 0.574. The van der Waals surface area contributed by atoms with Crippen LogP contribution in [0, 0.1) is 17.8 Å². The number of primary amides is 1. The van der Waals surface area contributed by atoms with Crippen molar-refractivity contribution in [2.24, 2.45) is 23.5 Å². The molecule has 0 aromatic heterocycles. The van der Waals surface area contributed by atoms with E-state index < -0.39 is 76.3 Å². The van der Waals surface area contributed by atoms with Gasteiger partial charge in [-0.3, -0.25) is 14.4 Å². The molecule has 5 rings (SSSR count). The van der Waals surface area contributed by atoms with Gasteiger partial charge in [-0.05, 0) is 31.3 Å². The molecule has 2 aromatic carbocycles. The standard InChI is InChI=1S/C29H32N2O8S/c1-31(2)22-21-24(34)18-15(12-40-11-13-7-4-3-5-8-13)14-9-6-10-16(32)17(14)23(33)19(18)26(36)29(21,39)27(37)20(25(22)35)28(30)38/h3-10,15,18,20-22,24-25,32-35,39H,11-12H2,1-2H3,(H2,30,38)/t15-,18+,20?,21+,22-,24-,25?,29-/m0/s1. The Labute approximate surface area is 235 Å². The number of aliphatic hydroxyl groups is 4. The molecular formula is C29H32N2O8S. The van der Waals surface area contributed by atoms with E-state index in [1.54, 1.807) is 12.1 Å². The number of rotatable bonds is 6. The van der Waals surface area contributed by atoms with E-state index in [1.165, 1.54) is 36.8 Å². The third-order valence-electron chi connectivity index (χ3n) is 8.57. The lowest BCUT2D eigenvalue weighted by Gasteiger charge is -2.56. The van der Waals surface area contributed by atoms with Gasteiger partial charge in [-0.1, -0.05) is 42.5 Å². The van der Waals surface area contributed by atoms with Gasteiger partial charge in [0.15, 0.2) is 11.4 Å². The normalized spacial score (nSPS) is 33.4. The molecule has 10 nitrogen and oxygen atoms in total. The fourth-order valence-electron chi connectivity index (χ4n) is 6.83. The molecule has 2 aromatic rings. The van der Waals surface area contributed by atoms with Crippen molar-refractivity contribution in [3.05, 3.63) is 70.8 Å². The minimum Gasteiger partial charge on any atom is -0.507 e. The first-order valence-electron chi connectivity index (χ1n) is 12.9. The smallest absolute Gasteiger partial charge is 0.230 e. The number of nitrogens with two attached hydrogens (primary N) is 1. The van der Waals surface area contributed by atoms with Crippen LogP contribution in [0.4, 0.5) is 0 Å². The number of phenols is 1. The summed E-state index contributed by atoms with van der Waals surface area (Å²) in [5.74, 6) is -8.84. The molecule has 2 saturated carbocycles. The van der Waals surface area contributed by atoms with E-state index in [9.17, 15) is 39.9 Å². The number of nitrogens with zero attached hydrogens (tertiary/aromatic N) is 1. The van der Waals surface area contributed by atoms with Gasteiger partial charge < -0.3 is 36.2 Å². The number of benzene rings is 2. The van der Waals surface area contributed by atoms with Crippen molar-refractivity contribution in [1.82, 2.24) is 4.90 Å². The fraction of sp³-hybridized carbons (Fsp3) is 0.414. The zero-order chi connectivity index (χ0) is 29.1. The maximum Gasteiger partial charge on any atom is 0.230 e. The van der Waals surface area contributed by atoms with E-state index in [1.807, 2.05) is 30.3 Å². The number of hydrogen-bond acceptors (Lipinski definition) is 10. The first-order chi connectivity index (χ1) is 18.9. The highest BCUT2D eigenvalue weighted by Gasteiger charge is 2.71. The van der Waals surface area contributed by atoms with Gasteiger partial charge in [-0.15, -0.1) is 0 Å². The molecule has 2 unspecified atom stereocenters. The summed E-state index contributed by atoms with van der Waals surface area (Å²) in [5, 5.41) is 56.9. The second-order valence-electron chi connectivity index (χ2n) is 10.9. The largest absolute Gasteiger partial charge is 0.507 e. The summed E-state index contributed by atoms with van der Waals surface area (Å²) in [6, 6.07) is 13.1. The molecule has 0 heterocycles. The number of Topliss-reactive ketones (excluding diaryl/α,β-unsaturated/α-hetero) is 2. The molecule has 3 aliphatic carbocycles. The van der Waals surface area contributed by atoms with E-state index in [0.717, 1.165) is 5.56 Å². The van der Waals surface area contributed by atoms with Crippen LogP contribution in [0.5, 0.6) is 5.75 Å². The Hall–Kier alpha value is -3.22. The van der Waals surface area contributed by atoms with Crippen LogP contribution in [-0.2, 0) is 20.1 Å². The summed E-state index contributed by atoms with van der Waals surface area (Å²) in [5.41, 5.74) is 3.62. The molecule has 0 aliphatic heterocycles.